The second-order valence-corrected chi connectivity index (χ2v) is 6.76. The number of hydrogen-bond donors (Lipinski definition) is 1. The molecule has 0 aliphatic rings. The van der Waals surface area contributed by atoms with Gasteiger partial charge >= 0.3 is 0 Å². The Morgan fingerprint density at radius 1 is 1.39 bits per heavy atom. The van der Waals surface area contributed by atoms with Crippen LogP contribution in [0.15, 0.2) is 34.4 Å². The van der Waals surface area contributed by atoms with Gasteiger partial charge in [0, 0.05) is 17.3 Å². The predicted molar refractivity (Wildman–Crippen MR) is 81.1 cm³/mol. The van der Waals surface area contributed by atoms with Crippen LogP contribution in [0.5, 0.6) is 0 Å². The lowest BCUT2D eigenvalue weighted by molar-refractivity contribution is 0.602. The van der Waals surface area contributed by atoms with Crippen molar-refractivity contribution in [1.82, 2.24) is 10.3 Å². The quantitative estimate of drug-likeness (QED) is 0.886. The van der Waals surface area contributed by atoms with Crippen molar-refractivity contribution < 1.29 is 0 Å². The Bertz CT molecular complexity index is 510. The van der Waals surface area contributed by atoms with Crippen molar-refractivity contribution >= 4 is 27.3 Å². The molecule has 4 heteroatoms. The average molecular weight is 325 g/mol. The molecule has 1 atom stereocenters. The van der Waals surface area contributed by atoms with Gasteiger partial charge < -0.3 is 5.32 Å². The van der Waals surface area contributed by atoms with E-state index in [9.17, 15) is 0 Å². The van der Waals surface area contributed by atoms with Gasteiger partial charge in [0.25, 0.3) is 0 Å². The molecule has 2 nitrogen and oxygen atoms in total. The monoisotopic (exact) mass is 324 g/mol. The van der Waals surface area contributed by atoms with Crippen LogP contribution in [0.3, 0.4) is 0 Å². The van der Waals surface area contributed by atoms with Gasteiger partial charge in [-0.15, -0.1) is 11.3 Å². The maximum absolute atomic E-state index is 4.26. The van der Waals surface area contributed by atoms with E-state index < -0.39 is 0 Å². The second kappa shape index (κ2) is 6.45. The van der Waals surface area contributed by atoms with Gasteiger partial charge in [0.1, 0.15) is 0 Å². The van der Waals surface area contributed by atoms with E-state index in [4.69, 9.17) is 0 Å². The van der Waals surface area contributed by atoms with Gasteiger partial charge in [0.2, 0.25) is 0 Å². The number of aromatic nitrogens is 1. The zero-order valence-electron chi connectivity index (χ0n) is 10.6. The van der Waals surface area contributed by atoms with Crippen LogP contribution in [0.1, 0.15) is 35.4 Å². The lowest BCUT2D eigenvalue weighted by Crippen LogP contribution is -2.23. The zero-order chi connectivity index (χ0) is 13.0. The van der Waals surface area contributed by atoms with Crippen LogP contribution in [0.4, 0.5) is 0 Å². The molecule has 0 radical (unpaired) electrons. The van der Waals surface area contributed by atoms with E-state index in [1.54, 1.807) is 11.3 Å². The molecular weight excluding hydrogens is 308 g/mol. The normalized spacial score (nSPS) is 12.6. The number of nitrogens with zero attached hydrogens (tertiary/aromatic N) is 1. The van der Waals surface area contributed by atoms with E-state index >= 15 is 0 Å². The van der Waals surface area contributed by atoms with E-state index in [0.717, 1.165) is 13.0 Å². The van der Waals surface area contributed by atoms with Crippen molar-refractivity contribution in [2.45, 2.75) is 26.3 Å². The minimum Gasteiger partial charge on any atom is -0.306 e. The first-order valence-corrected chi connectivity index (χ1v) is 7.72. The number of aryl methyl sites for hydroxylation is 1. The van der Waals surface area contributed by atoms with Crippen molar-refractivity contribution in [3.8, 4) is 0 Å². The number of hydrogen-bond acceptors (Lipinski definition) is 3. The molecule has 2 aromatic rings. The summed E-state index contributed by atoms with van der Waals surface area (Å²) in [6.07, 6.45) is 4.94. The highest BCUT2D eigenvalue weighted by Gasteiger charge is 2.17. The highest BCUT2D eigenvalue weighted by atomic mass is 79.9. The van der Waals surface area contributed by atoms with Crippen LogP contribution in [0.2, 0.25) is 0 Å². The Kier molecular flexibility index (Phi) is 4.92. The Morgan fingerprint density at radius 2 is 2.22 bits per heavy atom. The van der Waals surface area contributed by atoms with Crippen LogP contribution in [-0.2, 0) is 0 Å². The molecule has 0 spiro atoms. The van der Waals surface area contributed by atoms with Gasteiger partial charge in [-0.25, -0.2) is 0 Å². The molecule has 0 bridgehead atoms. The molecule has 0 saturated carbocycles. The molecule has 18 heavy (non-hydrogen) atoms. The minimum absolute atomic E-state index is 0.245. The van der Waals surface area contributed by atoms with Crippen LogP contribution in [0.25, 0.3) is 0 Å². The molecule has 0 aliphatic heterocycles. The zero-order valence-corrected chi connectivity index (χ0v) is 13.0. The molecule has 2 aromatic heterocycles. The van der Waals surface area contributed by atoms with Gasteiger partial charge in [-0.1, -0.05) is 6.92 Å². The largest absolute Gasteiger partial charge is 0.306 e. The van der Waals surface area contributed by atoms with Crippen molar-refractivity contribution in [1.29, 1.82) is 0 Å². The smallest absolute Gasteiger partial charge is 0.0702 e. The Balaban J connectivity index is 2.33. The molecule has 0 aliphatic carbocycles. The first-order chi connectivity index (χ1) is 8.72. The summed E-state index contributed by atoms with van der Waals surface area (Å²) in [5.41, 5.74) is 2.54. The molecule has 2 rings (SSSR count). The number of rotatable bonds is 5. The van der Waals surface area contributed by atoms with Crippen LogP contribution >= 0.6 is 27.3 Å². The molecule has 0 saturated heterocycles. The lowest BCUT2D eigenvalue weighted by Gasteiger charge is -2.19. The number of thiophene rings is 1. The van der Waals surface area contributed by atoms with E-state index in [0.29, 0.717) is 0 Å². The first-order valence-electron chi connectivity index (χ1n) is 6.11. The van der Waals surface area contributed by atoms with E-state index in [1.807, 2.05) is 12.4 Å². The fourth-order valence-electron chi connectivity index (χ4n) is 1.91. The van der Waals surface area contributed by atoms with Gasteiger partial charge in [0.15, 0.2) is 0 Å². The minimum atomic E-state index is 0.245. The molecule has 2 heterocycles. The molecule has 1 N–H and O–H groups in total. The fourth-order valence-corrected chi connectivity index (χ4v) is 3.43. The third-order valence-corrected chi connectivity index (χ3v) is 4.56. The Morgan fingerprint density at radius 3 is 2.83 bits per heavy atom. The number of halogens is 1. The summed E-state index contributed by atoms with van der Waals surface area (Å²) in [7, 11) is 0. The molecule has 0 aromatic carbocycles. The second-order valence-electron chi connectivity index (χ2n) is 4.26. The number of pyridine rings is 1. The third-order valence-electron chi connectivity index (χ3n) is 2.87. The average Bonchev–Trinajstić information content (AvgIpc) is 2.78. The van der Waals surface area contributed by atoms with Gasteiger partial charge in [-0.3, -0.25) is 4.98 Å². The molecular formula is C14H17BrN2S. The van der Waals surface area contributed by atoms with Gasteiger partial charge in [-0.05, 0) is 65.1 Å². The molecule has 0 amide bonds. The van der Waals surface area contributed by atoms with E-state index in [-0.39, 0.29) is 6.04 Å². The summed E-state index contributed by atoms with van der Waals surface area (Å²) < 4.78 is 1.17. The van der Waals surface area contributed by atoms with E-state index in [2.05, 4.69) is 58.3 Å². The fraction of sp³-hybridized carbons (Fsp3) is 0.357. The summed E-state index contributed by atoms with van der Waals surface area (Å²) in [5.74, 6) is 0. The molecule has 1 unspecified atom stereocenters. The van der Waals surface area contributed by atoms with Crippen molar-refractivity contribution in [3.05, 3.63) is 50.4 Å². The highest BCUT2D eigenvalue weighted by Crippen LogP contribution is 2.32. The highest BCUT2D eigenvalue weighted by molar-refractivity contribution is 9.11. The summed E-state index contributed by atoms with van der Waals surface area (Å²) in [6, 6.07) is 6.59. The summed E-state index contributed by atoms with van der Waals surface area (Å²) in [6.45, 7) is 5.33. The van der Waals surface area contributed by atoms with Gasteiger partial charge in [-0.2, -0.15) is 0 Å². The summed E-state index contributed by atoms with van der Waals surface area (Å²) in [5, 5.41) is 3.61. The predicted octanol–water partition coefficient (Wildman–Crippen LogP) is 4.30. The standard InChI is InChI=1S/C14H17BrN2S/c1-3-7-17-14(12-4-5-13(15)18-12)11-9-16-8-6-10(11)2/h4-6,8-9,14,17H,3,7H2,1-2H3. The topological polar surface area (TPSA) is 24.9 Å². The van der Waals surface area contributed by atoms with Crippen LogP contribution in [-0.4, -0.2) is 11.5 Å². The SMILES string of the molecule is CCCNC(c1ccc(Br)s1)c1cnccc1C. The van der Waals surface area contributed by atoms with Crippen LogP contribution in [0, 0.1) is 6.92 Å². The lowest BCUT2D eigenvalue weighted by atomic mass is 10.0. The molecule has 0 fully saturated rings. The van der Waals surface area contributed by atoms with Crippen LogP contribution < -0.4 is 5.32 Å². The van der Waals surface area contributed by atoms with Crippen molar-refractivity contribution in [3.63, 3.8) is 0 Å². The van der Waals surface area contributed by atoms with Crippen molar-refractivity contribution in [2.24, 2.45) is 0 Å². The summed E-state index contributed by atoms with van der Waals surface area (Å²) >= 11 is 5.31. The third kappa shape index (κ3) is 3.19. The van der Waals surface area contributed by atoms with Gasteiger partial charge in [0.05, 0.1) is 9.83 Å². The first kappa shape index (κ1) is 13.7. The molecule has 96 valence electrons. The Labute approximate surface area is 121 Å². The van der Waals surface area contributed by atoms with E-state index in [1.165, 1.54) is 19.8 Å². The number of nitrogens with one attached hydrogen (secondary N) is 1. The summed E-state index contributed by atoms with van der Waals surface area (Å²) in [4.78, 5) is 5.59. The maximum atomic E-state index is 4.26. The Hall–Kier alpha value is -0.710. The van der Waals surface area contributed by atoms with Crippen molar-refractivity contribution in [2.75, 3.05) is 6.54 Å². The maximum Gasteiger partial charge on any atom is 0.0702 e.